The molecule has 0 aliphatic heterocycles. The fourth-order valence-electron chi connectivity index (χ4n) is 6.55. The van der Waals surface area contributed by atoms with Crippen LogP contribution in [0.5, 0.6) is 0 Å². The molecular weight excluding hydrogens is 328 g/mol. The second-order valence-electron chi connectivity index (χ2n) is 9.54. The number of fused-ring (bicyclic) bond motifs is 1. The number of hydrogen-bond acceptors (Lipinski definition) is 1. The van der Waals surface area contributed by atoms with Crippen molar-refractivity contribution in [1.29, 1.82) is 0 Å². The number of benzene rings is 2. The van der Waals surface area contributed by atoms with E-state index in [-0.39, 0.29) is 0 Å². The molecule has 2 aromatic carbocycles. The first kappa shape index (κ1) is 15.9. The molecule has 0 spiro atoms. The Morgan fingerprint density at radius 1 is 0.852 bits per heavy atom. The lowest BCUT2D eigenvalue weighted by molar-refractivity contribution is 0.166. The quantitative estimate of drug-likeness (QED) is 0.501. The predicted octanol–water partition coefficient (Wildman–Crippen LogP) is 6.68. The van der Waals surface area contributed by atoms with Gasteiger partial charge in [-0.25, -0.2) is 4.98 Å². The highest BCUT2D eigenvalue weighted by molar-refractivity contribution is 5.83. The van der Waals surface area contributed by atoms with Gasteiger partial charge in [-0.1, -0.05) is 30.3 Å². The molecule has 2 atom stereocenters. The maximum atomic E-state index is 5.15. The van der Waals surface area contributed by atoms with Crippen LogP contribution in [0, 0.1) is 11.8 Å². The van der Waals surface area contributed by atoms with Crippen molar-refractivity contribution in [2.45, 2.75) is 63.8 Å². The average Bonchev–Trinajstić information content (AvgIpc) is 2.97. The summed E-state index contributed by atoms with van der Waals surface area (Å²) in [4.78, 5) is 5.15. The van der Waals surface area contributed by atoms with Crippen LogP contribution < -0.4 is 0 Å². The lowest BCUT2D eigenvalue weighted by Crippen LogP contribution is -2.25. The Labute approximate surface area is 161 Å². The van der Waals surface area contributed by atoms with E-state index in [4.69, 9.17) is 4.98 Å². The van der Waals surface area contributed by atoms with Crippen LogP contribution in [0.25, 0.3) is 22.4 Å². The van der Waals surface area contributed by atoms with Crippen molar-refractivity contribution >= 4 is 11.0 Å². The Hall–Kier alpha value is -2.09. The molecule has 2 saturated carbocycles. The van der Waals surface area contributed by atoms with Crippen molar-refractivity contribution < 1.29 is 0 Å². The summed E-state index contributed by atoms with van der Waals surface area (Å²) < 4.78 is 2.46. The van der Waals surface area contributed by atoms with E-state index < -0.39 is 0 Å². The van der Waals surface area contributed by atoms with E-state index in [0.29, 0.717) is 6.04 Å². The van der Waals surface area contributed by atoms with E-state index in [9.17, 15) is 0 Å². The number of hydrogen-bond donors (Lipinski definition) is 0. The highest BCUT2D eigenvalue weighted by Gasteiger charge is 2.42. The van der Waals surface area contributed by atoms with Crippen molar-refractivity contribution in [1.82, 2.24) is 9.55 Å². The van der Waals surface area contributed by atoms with Gasteiger partial charge in [-0.2, -0.15) is 0 Å². The number of aromatic nitrogens is 2. The van der Waals surface area contributed by atoms with Crippen molar-refractivity contribution in [3.05, 3.63) is 53.6 Å². The van der Waals surface area contributed by atoms with Crippen molar-refractivity contribution in [3.8, 4) is 11.4 Å². The first-order valence-corrected chi connectivity index (χ1v) is 10.8. The van der Waals surface area contributed by atoms with Crippen LogP contribution in [0.2, 0.25) is 0 Å². The maximum Gasteiger partial charge on any atom is 0.141 e. The molecule has 2 nitrogen and oxygen atoms in total. The van der Waals surface area contributed by atoms with Gasteiger partial charge in [0.2, 0.25) is 0 Å². The van der Waals surface area contributed by atoms with Gasteiger partial charge in [0.1, 0.15) is 5.82 Å². The normalized spacial score (nSPS) is 28.7. The van der Waals surface area contributed by atoms with E-state index in [1.807, 2.05) is 0 Å². The molecule has 1 heterocycles. The molecule has 0 N–H and O–H groups in total. The van der Waals surface area contributed by atoms with Gasteiger partial charge in [0.05, 0.1) is 11.0 Å². The third kappa shape index (κ3) is 2.35. The maximum absolute atomic E-state index is 5.15. The van der Waals surface area contributed by atoms with Gasteiger partial charge in [-0.05, 0) is 92.9 Å². The molecule has 3 aromatic rings. The van der Waals surface area contributed by atoms with Gasteiger partial charge < -0.3 is 4.57 Å². The molecule has 4 aliphatic carbocycles. The molecular formula is C25H28N2. The summed E-state index contributed by atoms with van der Waals surface area (Å²) in [5.41, 5.74) is 7.06. The van der Waals surface area contributed by atoms with E-state index in [1.54, 1.807) is 11.1 Å². The summed E-state index contributed by atoms with van der Waals surface area (Å²) in [6.45, 7) is 4.57. The van der Waals surface area contributed by atoms with E-state index >= 15 is 0 Å². The van der Waals surface area contributed by atoms with Crippen LogP contribution in [0.1, 0.15) is 75.0 Å². The number of nitrogens with zero attached hydrogens (tertiary/aromatic N) is 2. The summed E-state index contributed by atoms with van der Waals surface area (Å²) in [6, 6.07) is 16.1. The zero-order valence-corrected chi connectivity index (χ0v) is 16.4. The van der Waals surface area contributed by atoms with Gasteiger partial charge in [-0.3, -0.25) is 0 Å². The molecule has 2 unspecified atom stereocenters. The SMILES string of the molecule is CC(C)n1c(-c2ccccc2)nc2cc3c(cc21)C1CC2CC(CC3C2)C1. The predicted molar refractivity (Wildman–Crippen MR) is 111 cm³/mol. The molecule has 2 fully saturated rings. The lowest BCUT2D eigenvalue weighted by Gasteiger charge is -2.38. The molecule has 1 aromatic heterocycles. The minimum absolute atomic E-state index is 0.404. The molecule has 4 aliphatic rings. The van der Waals surface area contributed by atoms with Crippen LogP contribution in [-0.4, -0.2) is 9.55 Å². The Morgan fingerprint density at radius 2 is 1.48 bits per heavy atom. The molecule has 0 amide bonds. The lowest BCUT2D eigenvalue weighted by atomic mass is 9.67. The smallest absolute Gasteiger partial charge is 0.141 e. The van der Waals surface area contributed by atoms with Crippen LogP contribution in [0.15, 0.2) is 42.5 Å². The molecule has 138 valence electrons. The second kappa shape index (κ2) is 5.70. The van der Waals surface area contributed by atoms with E-state index in [2.05, 4.69) is 60.9 Å². The summed E-state index contributed by atoms with van der Waals surface area (Å²) in [5.74, 6) is 4.63. The third-order valence-electron chi connectivity index (χ3n) is 7.46. The number of imidazole rings is 1. The summed E-state index contributed by atoms with van der Waals surface area (Å²) in [6.07, 6.45) is 7.18. The third-order valence-corrected chi connectivity index (χ3v) is 7.46. The first-order valence-electron chi connectivity index (χ1n) is 10.8. The van der Waals surface area contributed by atoms with Crippen LogP contribution in [-0.2, 0) is 0 Å². The van der Waals surface area contributed by atoms with Gasteiger partial charge in [0, 0.05) is 11.6 Å². The molecule has 2 heteroatoms. The zero-order valence-electron chi connectivity index (χ0n) is 16.4. The van der Waals surface area contributed by atoms with Crippen LogP contribution in [0.4, 0.5) is 0 Å². The number of rotatable bonds is 2. The van der Waals surface area contributed by atoms with Crippen LogP contribution in [0.3, 0.4) is 0 Å². The second-order valence-corrected chi connectivity index (χ2v) is 9.54. The standard InChI is InChI=1S/C25H28N2/c1-15(2)27-24-14-22-20-11-16-8-17(12-20)10-19(9-16)21(22)13-23(24)26-25(27)18-6-4-3-5-7-18/h3-7,13-17,19-20H,8-12H2,1-2H3. The Balaban J connectivity index is 1.60. The summed E-state index contributed by atoms with van der Waals surface area (Å²) in [5, 5.41) is 0. The summed E-state index contributed by atoms with van der Waals surface area (Å²) in [7, 11) is 0. The zero-order chi connectivity index (χ0) is 18.1. The van der Waals surface area contributed by atoms with Crippen molar-refractivity contribution in [2.24, 2.45) is 11.8 Å². The van der Waals surface area contributed by atoms with E-state index in [0.717, 1.165) is 29.5 Å². The first-order chi connectivity index (χ1) is 13.2. The molecule has 7 rings (SSSR count). The van der Waals surface area contributed by atoms with E-state index in [1.165, 1.54) is 48.7 Å². The fourth-order valence-corrected chi connectivity index (χ4v) is 6.55. The van der Waals surface area contributed by atoms with Gasteiger partial charge in [-0.15, -0.1) is 0 Å². The minimum Gasteiger partial charge on any atom is -0.321 e. The van der Waals surface area contributed by atoms with Gasteiger partial charge >= 0.3 is 0 Å². The minimum atomic E-state index is 0.404. The Morgan fingerprint density at radius 3 is 2.11 bits per heavy atom. The highest BCUT2D eigenvalue weighted by atomic mass is 15.1. The molecule has 27 heavy (non-hydrogen) atoms. The Kier molecular flexibility index (Phi) is 3.36. The summed E-state index contributed by atoms with van der Waals surface area (Å²) >= 11 is 0. The Bertz CT molecular complexity index is 1000. The monoisotopic (exact) mass is 356 g/mol. The van der Waals surface area contributed by atoms with Crippen molar-refractivity contribution in [2.75, 3.05) is 0 Å². The topological polar surface area (TPSA) is 17.8 Å². The molecule has 0 saturated heterocycles. The molecule has 4 bridgehead atoms. The van der Waals surface area contributed by atoms with Crippen molar-refractivity contribution in [3.63, 3.8) is 0 Å². The molecule has 0 radical (unpaired) electrons. The average molecular weight is 357 g/mol. The van der Waals surface area contributed by atoms with Gasteiger partial charge in [0.25, 0.3) is 0 Å². The largest absolute Gasteiger partial charge is 0.321 e. The fraction of sp³-hybridized carbons (Fsp3) is 0.480. The highest BCUT2D eigenvalue weighted by Crippen LogP contribution is 2.56. The van der Waals surface area contributed by atoms with Gasteiger partial charge in [0.15, 0.2) is 0 Å². The van der Waals surface area contributed by atoms with Crippen LogP contribution >= 0.6 is 0 Å².